The molecule has 0 saturated heterocycles. The van der Waals surface area contributed by atoms with Gasteiger partial charge in [-0.2, -0.15) is 23.3 Å². The van der Waals surface area contributed by atoms with E-state index in [-0.39, 0.29) is 29.3 Å². The van der Waals surface area contributed by atoms with E-state index < -0.39 is 11.6 Å². The quantitative estimate of drug-likeness (QED) is 0.291. The summed E-state index contributed by atoms with van der Waals surface area (Å²) >= 11 is 0. The van der Waals surface area contributed by atoms with E-state index in [1.54, 1.807) is 23.0 Å². The first-order chi connectivity index (χ1) is 17.8. The third kappa shape index (κ3) is 5.88. The number of anilines is 1. The molecule has 0 radical (unpaired) electrons. The summed E-state index contributed by atoms with van der Waals surface area (Å²) < 4.78 is 47.2. The predicted octanol–water partition coefficient (Wildman–Crippen LogP) is 5.62. The van der Waals surface area contributed by atoms with Gasteiger partial charge in [-0.05, 0) is 44.0 Å². The molecule has 0 aliphatic heterocycles. The molecule has 3 aromatic heterocycles. The van der Waals surface area contributed by atoms with Crippen LogP contribution >= 0.6 is 0 Å². The van der Waals surface area contributed by atoms with Crippen LogP contribution in [0.4, 0.5) is 19.0 Å². The molecule has 4 aromatic rings. The van der Waals surface area contributed by atoms with Gasteiger partial charge in [0, 0.05) is 36.0 Å². The molecule has 11 heteroatoms. The number of hydrogen-bond donors (Lipinski definition) is 2. The molecule has 1 aromatic carbocycles. The molecule has 0 aliphatic carbocycles. The minimum Gasteiger partial charge on any atom is -0.396 e. The van der Waals surface area contributed by atoms with Crippen molar-refractivity contribution in [2.24, 2.45) is 5.41 Å². The highest BCUT2D eigenvalue weighted by Gasteiger charge is 2.48. The summed E-state index contributed by atoms with van der Waals surface area (Å²) in [6.07, 6.45) is -2.60. The van der Waals surface area contributed by atoms with Crippen molar-refractivity contribution >= 4 is 5.82 Å². The standard InChI is InChI=1S/C27H31F3N6O2/c1-17-12-21(34-36(17)14-18-6-11-22(31-13-18)32-15-25(2,3)16-37)24-33-23(35-38-24)19-7-9-20(10-8-19)26(4,5)27(28,29)30/h6-13,37H,14-16H2,1-5H3,(H,31,32). The second kappa shape index (κ2) is 10.2. The van der Waals surface area contributed by atoms with Crippen LogP contribution in [0, 0.1) is 12.3 Å². The minimum atomic E-state index is -4.36. The van der Waals surface area contributed by atoms with Gasteiger partial charge >= 0.3 is 6.18 Å². The summed E-state index contributed by atoms with van der Waals surface area (Å²) in [5.74, 6) is 1.20. The van der Waals surface area contributed by atoms with Crippen molar-refractivity contribution in [2.45, 2.75) is 52.8 Å². The van der Waals surface area contributed by atoms with Crippen molar-refractivity contribution in [1.29, 1.82) is 0 Å². The molecule has 2 N–H and O–H groups in total. The molecule has 0 fully saturated rings. The third-order valence-electron chi connectivity index (χ3n) is 6.53. The zero-order valence-corrected chi connectivity index (χ0v) is 22.0. The van der Waals surface area contributed by atoms with Crippen molar-refractivity contribution < 1.29 is 22.8 Å². The Hall–Kier alpha value is -3.73. The maximum Gasteiger partial charge on any atom is 0.397 e. The number of rotatable bonds is 9. The fraction of sp³-hybridized carbons (Fsp3) is 0.407. The van der Waals surface area contributed by atoms with Crippen molar-refractivity contribution in [3.05, 3.63) is 65.5 Å². The van der Waals surface area contributed by atoms with Crippen molar-refractivity contribution in [3.63, 3.8) is 0 Å². The Kier molecular flexibility index (Phi) is 7.33. The van der Waals surface area contributed by atoms with Crippen molar-refractivity contribution in [2.75, 3.05) is 18.5 Å². The number of aromatic nitrogens is 5. The van der Waals surface area contributed by atoms with Gasteiger partial charge in [0.05, 0.1) is 12.0 Å². The van der Waals surface area contributed by atoms with Crippen LogP contribution in [0.15, 0.2) is 53.2 Å². The zero-order valence-electron chi connectivity index (χ0n) is 22.0. The minimum absolute atomic E-state index is 0.0765. The molecular formula is C27H31F3N6O2. The van der Waals surface area contributed by atoms with Gasteiger partial charge in [0.2, 0.25) is 5.82 Å². The first-order valence-corrected chi connectivity index (χ1v) is 12.1. The highest BCUT2D eigenvalue weighted by atomic mass is 19.4. The molecule has 0 unspecified atom stereocenters. The number of benzene rings is 1. The van der Waals surface area contributed by atoms with E-state index >= 15 is 0 Å². The lowest BCUT2D eigenvalue weighted by molar-refractivity contribution is -0.180. The fourth-order valence-corrected chi connectivity index (χ4v) is 3.60. The topological polar surface area (TPSA) is 102 Å². The molecular weight excluding hydrogens is 497 g/mol. The van der Waals surface area contributed by atoms with E-state index in [9.17, 15) is 18.3 Å². The first kappa shape index (κ1) is 27.3. The van der Waals surface area contributed by atoms with Gasteiger partial charge in [0.25, 0.3) is 5.89 Å². The van der Waals surface area contributed by atoms with Gasteiger partial charge in [-0.25, -0.2) is 4.98 Å². The Morgan fingerprint density at radius 1 is 1.03 bits per heavy atom. The van der Waals surface area contributed by atoms with Crippen LogP contribution in [0.1, 0.15) is 44.5 Å². The van der Waals surface area contributed by atoms with Gasteiger partial charge < -0.3 is 14.9 Å². The predicted molar refractivity (Wildman–Crippen MR) is 137 cm³/mol. The second-order valence-electron chi connectivity index (χ2n) is 10.7. The fourth-order valence-electron chi connectivity index (χ4n) is 3.60. The number of halogens is 3. The largest absolute Gasteiger partial charge is 0.397 e. The van der Waals surface area contributed by atoms with E-state index in [4.69, 9.17) is 4.52 Å². The number of nitrogens with zero attached hydrogens (tertiary/aromatic N) is 5. The van der Waals surface area contributed by atoms with Gasteiger partial charge in [-0.1, -0.05) is 49.3 Å². The summed E-state index contributed by atoms with van der Waals surface area (Å²) in [6, 6.07) is 11.6. The molecule has 0 spiro atoms. The summed E-state index contributed by atoms with van der Waals surface area (Å²) in [6.45, 7) is 9.30. The molecule has 3 heterocycles. The maximum absolute atomic E-state index is 13.3. The number of aliphatic hydroxyl groups is 1. The summed E-state index contributed by atoms with van der Waals surface area (Å²) in [5, 5.41) is 21.2. The number of aryl methyl sites for hydroxylation is 1. The first-order valence-electron chi connectivity index (χ1n) is 12.1. The number of hydrogen-bond acceptors (Lipinski definition) is 7. The van der Waals surface area contributed by atoms with Crippen LogP contribution in [0.25, 0.3) is 23.0 Å². The molecule has 202 valence electrons. The van der Waals surface area contributed by atoms with E-state index in [2.05, 4.69) is 25.5 Å². The van der Waals surface area contributed by atoms with Gasteiger partial charge in [0.1, 0.15) is 5.82 Å². The average Bonchev–Trinajstić information content (AvgIpc) is 3.50. The Balaban J connectivity index is 1.45. The van der Waals surface area contributed by atoms with Gasteiger partial charge in [-0.3, -0.25) is 4.68 Å². The van der Waals surface area contributed by atoms with Crippen LogP contribution in [-0.4, -0.2) is 49.3 Å². The molecule has 0 saturated carbocycles. The van der Waals surface area contributed by atoms with Gasteiger partial charge in [-0.15, -0.1) is 0 Å². The normalized spacial score (nSPS) is 12.7. The van der Waals surface area contributed by atoms with Crippen LogP contribution in [0.2, 0.25) is 0 Å². The maximum atomic E-state index is 13.3. The lowest BCUT2D eigenvalue weighted by Gasteiger charge is -2.28. The number of nitrogens with one attached hydrogen (secondary N) is 1. The third-order valence-corrected chi connectivity index (χ3v) is 6.53. The van der Waals surface area contributed by atoms with Crippen LogP contribution < -0.4 is 5.32 Å². The lowest BCUT2D eigenvalue weighted by atomic mass is 9.83. The van der Waals surface area contributed by atoms with Crippen LogP contribution in [-0.2, 0) is 12.0 Å². The highest BCUT2D eigenvalue weighted by Crippen LogP contribution is 2.40. The average molecular weight is 529 g/mol. The number of alkyl halides is 3. The van der Waals surface area contributed by atoms with Crippen LogP contribution in [0.3, 0.4) is 0 Å². The van der Waals surface area contributed by atoms with E-state index in [0.717, 1.165) is 30.9 Å². The Bertz CT molecular complexity index is 1370. The molecule has 0 amide bonds. The molecule has 0 aliphatic rings. The van der Waals surface area contributed by atoms with E-state index in [1.165, 1.54) is 12.1 Å². The van der Waals surface area contributed by atoms with Gasteiger partial charge in [0.15, 0.2) is 5.69 Å². The molecule has 8 nitrogen and oxygen atoms in total. The molecule has 0 bridgehead atoms. The molecule has 0 atom stereocenters. The molecule has 4 rings (SSSR count). The van der Waals surface area contributed by atoms with E-state index in [0.29, 0.717) is 24.3 Å². The zero-order chi connectivity index (χ0) is 27.7. The van der Waals surface area contributed by atoms with Crippen molar-refractivity contribution in [1.82, 2.24) is 24.9 Å². The highest BCUT2D eigenvalue weighted by molar-refractivity contribution is 5.58. The molecule has 38 heavy (non-hydrogen) atoms. The Morgan fingerprint density at radius 3 is 2.34 bits per heavy atom. The Morgan fingerprint density at radius 2 is 1.74 bits per heavy atom. The second-order valence-corrected chi connectivity index (χ2v) is 10.7. The lowest BCUT2D eigenvalue weighted by Crippen LogP contribution is -2.36. The summed E-state index contributed by atoms with van der Waals surface area (Å²) in [4.78, 5) is 8.84. The summed E-state index contributed by atoms with van der Waals surface area (Å²) in [7, 11) is 0. The van der Waals surface area contributed by atoms with Crippen molar-refractivity contribution in [3.8, 4) is 23.0 Å². The summed E-state index contributed by atoms with van der Waals surface area (Å²) in [5.41, 5.74) is 0.799. The smallest absolute Gasteiger partial charge is 0.396 e. The SMILES string of the molecule is Cc1cc(-c2nc(-c3ccc(C(C)(C)C(F)(F)F)cc3)no2)nn1Cc1ccc(NCC(C)(C)CO)nc1. The van der Waals surface area contributed by atoms with E-state index in [1.807, 2.05) is 39.0 Å². The Labute approximate surface area is 218 Å². The monoisotopic (exact) mass is 528 g/mol. The van der Waals surface area contributed by atoms with Crippen LogP contribution in [0.5, 0.6) is 0 Å². The number of pyridine rings is 1. The number of aliphatic hydroxyl groups excluding tert-OH is 1.